The van der Waals surface area contributed by atoms with Gasteiger partial charge in [-0.15, -0.1) is 0 Å². The van der Waals surface area contributed by atoms with Crippen LogP contribution in [0.2, 0.25) is 0 Å². The van der Waals surface area contributed by atoms with E-state index in [2.05, 4.69) is 10.3 Å². The molecular formula is C10H10F3N3O4. The molecule has 7 nitrogen and oxygen atoms in total. The molecule has 1 atom stereocenters. The molecule has 1 aromatic rings. The fraction of sp³-hybridized carbons (Fsp3) is 0.400. The highest BCUT2D eigenvalue weighted by Crippen LogP contribution is 2.33. The maximum absolute atomic E-state index is 12.5. The summed E-state index contributed by atoms with van der Waals surface area (Å²) < 4.78 is 37.5. The van der Waals surface area contributed by atoms with Crippen molar-refractivity contribution in [2.75, 3.05) is 5.32 Å². The van der Waals surface area contributed by atoms with Crippen molar-refractivity contribution >= 4 is 17.3 Å². The summed E-state index contributed by atoms with van der Waals surface area (Å²) >= 11 is 0. The maximum atomic E-state index is 12.5. The summed E-state index contributed by atoms with van der Waals surface area (Å²) in [5.41, 5.74) is -2.38. The van der Waals surface area contributed by atoms with Crippen molar-refractivity contribution in [2.45, 2.75) is 25.6 Å². The van der Waals surface area contributed by atoms with Crippen molar-refractivity contribution in [1.82, 2.24) is 4.98 Å². The van der Waals surface area contributed by atoms with E-state index in [1.165, 1.54) is 6.92 Å². The number of carboxylic acid groups (broad SMARTS) is 1. The number of nitrogens with one attached hydrogen (secondary N) is 1. The van der Waals surface area contributed by atoms with Crippen LogP contribution in [0, 0.1) is 10.1 Å². The monoisotopic (exact) mass is 293 g/mol. The van der Waals surface area contributed by atoms with Gasteiger partial charge in [0.15, 0.2) is 0 Å². The molecule has 0 amide bonds. The summed E-state index contributed by atoms with van der Waals surface area (Å²) in [6.07, 6.45) is -4.67. The molecule has 1 heterocycles. The van der Waals surface area contributed by atoms with Crippen molar-refractivity contribution < 1.29 is 28.0 Å². The number of rotatable bonds is 5. The SMILES string of the molecule is CC(CC(=O)O)Nc1cc(C(F)(F)F)ncc1[N+](=O)[O-]. The topological polar surface area (TPSA) is 105 Å². The lowest BCUT2D eigenvalue weighted by Crippen LogP contribution is -2.20. The van der Waals surface area contributed by atoms with Crippen LogP contribution in [-0.4, -0.2) is 27.0 Å². The van der Waals surface area contributed by atoms with E-state index in [4.69, 9.17) is 5.11 Å². The number of hydrogen-bond acceptors (Lipinski definition) is 5. The molecule has 0 saturated carbocycles. The minimum absolute atomic E-state index is 0.402. The fourth-order valence-electron chi connectivity index (χ4n) is 1.44. The van der Waals surface area contributed by atoms with Gasteiger partial charge in [0, 0.05) is 6.04 Å². The standard InChI is InChI=1S/C10H10F3N3O4/c1-5(2-9(17)18)15-6-3-8(10(11,12)13)14-4-7(6)16(19)20/h3-5H,2H2,1H3,(H,14,15)(H,17,18). The van der Waals surface area contributed by atoms with Crippen LogP contribution < -0.4 is 5.32 Å². The molecule has 1 rings (SSSR count). The first-order valence-corrected chi connectivity index (χ1v) is 5.31. The Morgan fingerprint density at radius 2 is 2.20 bits per heavy atom. The highest BCUT2D eigenvalue weighted by Gasteiger charge is 2.34. The zero-order valence-corrected chi connectivity index (χ0v) is 10.1. The van der Waals surface area contributed by atoms with Gasteiger partial charge in [-0.05, 0) is 13.0 Å². The Morgan fingerprint density at radius 1 is 1.60 bits per heavy atom. The highest BCUT2D eigenvalue weighted by molar-refractivity contribution is 5.69. The van der Waals surface area contributed by atoms with Gasteiger partial charge >= 0.3 is 17.8 Å². The number of anilines is 1. The molecule has 0 fully saturated rings. The largest absolute Gasteiger partial charge is 0.481 e. The lowest BCUT2D eigenvalue weighted by molar-refractivity contribution is -0.384. The molecule has 1 unspecified atom stereocenters. The summed E-state index contributed by atoms with van der Waals surface area (Å²) in [6, 6.07) is -0.300. The Morgan fingerprint density at radius 3 is 2.65 bits per heavy atom. The molecule has 2 N–H and O–H groups in total. The van der Waals surface area contributed by atoms with Crippen molar-refractivity contribution in [3.63, 3.8) is 0 Å². The number of nitro groups is 1. The van der Waals surface area contributed by atoms with Crippen LogP contribution in [0.4, 0.5) is 24.5 Å². The quantitative estimate of drug-likeness (QED) is 0.637. The molecule has 0 aliphatic carbocycles. The van der Waals surface area contributed by atoms with E-state index in [-0.39, 0.29) is 0 Å². The number of halogens is 3. The van der Waals surface area contributed by atoms with Gasteiger partial charge in [-0.25, -0.2) is 4.98 Å². The van der Waals surface area contributed by atoms with Gasteiger partial charge in [-0.1, -0.05) is 0 Å². The van der Waals surface area contributed by atoms with Crippen molar-refractivity contribution in [1.29, 1.82) is 0 Å². The van der Waals surface area contributed by atoms with Gasteiger partial charge < -0.3 is 10.4 Å². The normalized spacial score (nSPS) is 12.8. The number of hydrogen-bond donors (Lipinski definition) is 2. The number of alkyl halides is 3. The number of pyridine rings is 1. The summed E-state index contributed by atoms with van der Waals surface area (Å²) in [6.45, 7) is 1.38. The second-order valence-electron chi connectivity index (χ2n) is 3.98. The fourth-order valence-corrected chi connectivity index (χ4v) is 1.44. The average Bonchev–Trinajstić information content (AvgIpc) is 2.25. The zero-order valence-electron chi connectivity index (χ0n) is 10.1. The number of aromatic nitrogens is 1. The van der Waals surface area contributed by atoms with Gasteiger partial charge in [-0.2, -0.15) is 13.2 Å². The molecule has 0 bridgehead atoms. The number of carbonyl (C=O) groups is 1. The molecule has 0 radical (unpaired) electrons. The molecule has 110 valence electrons. The molecule has 20 heavy (non-hydrogen) atoms. The Kier molecular flexibility index (Phi) is 4.48. The van der Waals surface area contributed by atoms with Gasteiger partial charge in [0.05, 0.1) is 11.3 Å². The maximum Gasteiger partial charge on any atom is 0.433 e. The van der Waals surface area contributed by atoms with Crippen LogP contribution in [0.15, 0.2) is 12.3 Å². The number of carboxylic acids is 1. The van der Waals surface area contributed by atoms with E-state index in [0.29, 0.717) is 12.3 Å². The third kappa shape index (κ3) is 4.07. The summed E-state index contributed by atoms with van der Waals surface area (Å²) in [7, 11) is 0. The van der Waals surface area contributed by atoms with E-state index in [1.807, 2.05) is 0 Å². The van der Waals surface area contributed by atoms with Gasteiger partial charge in [0.2, 0.25) is 0 Å². The highest BCUT2D eigenvalue weighted by atomic mass is 19.4. The minimum Gasteiger partial charge on any atom is -0.481 e. The first kappa shape index (κ1) is 15.7. The Hall–Kier alpha value is -2.39. The Labute approximate surface area is 110 Å². The van der Waals surface area contributed by atoms with E-state index < -0.39 is 46.6 Å². The van der Waals surface area contributed by atoms with Crippen LogP contribution >= 0.6 is 0 Å². The molecule has 0 aromatic carbocycles. The predicted molar refractivity (Wildman–Crippen MR) is 61.2 cm³/mol. The average molecular weight is 293 g/mol. The summed E-state index contributed by atoms with van der Waals surface area (Å²) in [4.78, 5) is 23.3. The van der Waals surface area contributed by atoms with Crippen LogP contribution in [0.1, 0.15) is 19.0 Å². The molecule has 0 saturated heterocycles. The minimum atomic E-state index is -4.75. The smallest absolute Gasteiger partial charge is 0.433 e. The molecule has 0 spiro atoms. The molecule has 0 aliphatic rings. The third-order valence-electron chi connectivity index (χ3n) is 2.25. The van der Waals surface area contributed by atoms with E-state index in [9.17, 15) is 28.1 Å². The zero-order chi connectivity index (χ0) is 15.5. The van der Waals surface area contributed by atoms with Crippen molar-refractivity contribution in [3.8, 4) is 0 Å². The van der Waals surface area contributed by atoms with Crippen molar-refractivity contribution in [3.05, 3.63) is 28.1 Å². The van der Waals surface area contributed by atoms with Crippen LogP contribution in [0.5, 0.6) is 0 Å². The van der Waals surface area contributed by atoms with Crippen LogP contribution in [0.3, 0.4) is 0 Å². The van der Waals surface area contributed by atoms with Gasteiger partial charge in [-0.3, -0.25) is 14.9 Å². The van der Waals surface area contributed by atoms with Crippen LogP contribution in [-0.2, 0) is 11.0 Å². The van der Waals surface area contributed by atoms with Crippen molar-refractivity contribution in [2.24, 2.45) is 0 Å². The summed E-state index contributed by atoms with van der Waals surface area (Å²) in [5, 5.41) is 21.6. The second-order valence-corrected chi connectivity index (χ2v) is 3.98. The molecular weight excluding hydrogens is 283 g/mol. The lowest BCUT2D eigenvalue weighted by Gasteiger charge is -2.14. The second kappa shape index (κ2) is 5.72. The number of aliphatic carboxylic acids is 1. The Balaban J connectivity index is 3.12. The first-order valence-electron chi connectivity index (χ1n) is 5.31. The summed E-state index contributed by atoms with van der Waals surface area (Å²) in [5.74, 6) is -1.18. The molecule has 1 aromatic heterocycles. The van der Waals surface area contributed by atoms with E-state index >= 15 is 0 Å². The predicted octanol–water partition coefficient (Wildman–Crippen LogP) is 2.28. The number of nitrogens with zero attached hydrogens (tertiary/aromatic N) is 2. The van der Waals surface area contributed by atoms with E-state index in [1.54, 1.807) is 0 Å². The Bertz CT molecular complexity index is 533. The van der Waals surface area contributed by atoms with Crippen LogP contribution in [0.25, 0.3) is 0 Å². The lowest BCUT2D eigenvalue weighted by atomic mass is 10.2. The molecule has 10 heteroatoms. The van der Waals surface area contributed by atoms with E-state index in [0.717, 1.165) is 0 Å². The van der Waals surface area contributed by atoms with Gasteiger partial charge in [0.25, 0.3) is 0 Å². The first-order chi connectivity index (χ1) is 9.11. The third-order valence-corrected chi connectivity index (χ3v) is 2.25. The van der Waals surface area contributed by atoms with Gasteiger partial charge in [0.1, 0.15) is 17.6 Å². The molecule has 0 aliphatic heterocycles.